The van der Waals surface area contributed by atoms with Crippen molar-refractivity contribution in [3.05, 3.63) is 72.1 Å². The van der Waals surface area contributed by atoms with Gasteiger partial charge in [0.05, 0.1) is 17.4 Å². The van der Waals surface area contributed by atoms with Crippen LogP contribution >= 0.6 is 0 Å². The first kappa shape index (κ1) is 25.1. The maximum atomic E-state index is 12.6. The van der Waals surface area contributed by atoms with Gasteiger partial charge in [0.25, 0.3) is 0 Å². The van der Waals surface area contributed by atoms with Crippen LogP contribution in [0.2, 0.25) is 0 Å². The molecule has 4 rings (SSSR count). The van der Waals surface area contributed by atoms with Crippen LogP contribution in [0.25, 0.3) is 0 Å². The van der Waals surface area contributed by atoms with E-state index in [9.17, 15) is 9.90 Å². The van der Waals surface area contributed by atoms with E-state index in [0.29, 0.717) is 35.8 Å². The molecule has 1 aliphatic rings. The molecule has 1 saturated heterocycles. The van der Waals surface area contributed by atoms with Gasteiger partial charge in [0.1, 0.15) is 35.5 Å². The highest BCUT2D eigenvalue weighted by atomic mass is 16.5. The second kappa shape index (κ2) is 11.1. The highest BCUT2D eigenvalue weighted by Gasteiger charge is 2.30. The van der Waals surface area contributed by atoms with E-state index in [0.717, 1.165) is 18.6 Å². The number of piperidine rings is 1. The number of benzene rings is 2. The zero-order valence-corrected chi connectivity index (χ0v) is 20.1. The lowest BCUT2D eigenvalue weighted by molar-refractivity contribution is -0.135. The summed E-state index contributed by atoms with van der Waals surface area (Å²) >= 11 is 0. The standard InChI is InChI=1S/C26H31N7O3/c1-16(34)22(27)26(35)33-13-5-6-18(14-33)32-25-21(24(29)30-15-31-25)23(28)17-9-11-20(12-10-17)36-19-7-3-2-4-8-19/h2-4,7-12,15-16,18,22,28,34H,5-6,13-14,27H2,1H3,(H3,29,30,31,32). The topological polar surface area (TPSA) is 163 Å². The average molecular weight is 490 g/mol. The molecule has 0 saturated carbocycles. The van der Waals surface area contributed by atoms with Crippen LogP contribution in [-0.2, 0) is 4.79 Å². The lowest BCUT2D eigenvalue weighted by atomic mass is 10.0. The number of rotatable bonds is 8. The Morgan fingerprint density at radius 3 is 2.56 bits per heavy atom. The maximum Gasteiger partial charge on any atom is 0.242 e. The molecule has 10 heteroatoms. The number of amides is 1. The highest BCUT2D eigenvalue weighted by Crippen LogP contribution is 2.26. The van der Waals surface area contributed by atoms with Gasteiger partial charge in [-0.25, -0.2) is 9.97 Å². The molecule has 7 N–H and O–H groups in total. The van der Waals surface area contributed by atoms with Gasteiger partial charge in [-0.2, -0.15) is 0 Å². The number of nitrogen functional groups attached to an aromatic ring is 1. The molecule has 0 bridgehead atoms. The smallest absolute Gasteiger partial charge is 0.242 e. The summed E-state index contributed by atoms with van der Waals surface area (Å²) < 4.78 is 5.84. The lowest BCUT2D eigenvalue weighted by Crippen LogP contribution is -2.54. The second-order valence-corrected chi connectivity index (χ2v) is 8.83. The lowest BCUT2D eigenvalue weighted by Gasteiger charge is -2.35. The van der Waals surface area contributed by atoms with Crippen LogP contribution in [-0.4, -0.2) is 62.9 Å². The molecule has 36 heavy (non-hydrogen) atoms. The van der Waals surface area contributed by atoms with Crippen molar-refractivity contribution in [1.82, 2.24) is 14.9 Å². The van der Waals surface area contributed by atoms with Gasteiger partial charge in [0, 0.05) is 24.7 Å². The quantitative estimate of drug-likeness (QED) is 0.301. The van der Waals surface area contributed by atoms with E-state index >= 15 is 0 Å². The Kier molecular flexibility index (Phi) is 7.77. The van der Waals surface area contributed by atoms with E-state index < -0.39 is 12.1 Å². The Labute approximate surface area is 209 Å². The Morgan fingerprint density at radius 1 is 1.17 bits per heavy atom. The molecule has 0 aliphatic carbocycles. The molecule has 2 heterocycles. The number of aliphatic hydroxyl groups is 1. The zero-order chi connectivity index (χ0) is 25.7. The number of ether oxygens (including phenoxy) is 1. The predicted molar refractivity (Wildman–Crippen MR) is 138 cm³/mol. The Morgan fingerprint density at radius 2 is 1.86 bits per heavy atom. The number of hydrogen-bond acceptors (Lipinski definition) is 9. The number of carbonyl (C=O) groups is 1. The van der Waals surface area contributed by atoms with Crippen molar-refractivity contribution >= 4 is 23.3 Å². The molecule has 0 spiro atoms. The van der Waals surface area contributed by atoms with Crippen LogP contribution in [0.4, 0.5) is 11.6 Å². The fourth-order valence-electron chi connectivity index (χ4n) is 4.12. The number of aliphatic hydroxyl groups excluding tert-OH is 1. The molecule has 1 aromatic heterocycles. The average Bonchev–Trinajstić information content (AvgIpc) is 2.89. The third-order valence-corrected chi connectivity index (χ3v) is 6.13. The normalized spacial score (nSPS) is 17.2. The summed E-state index contributed by atoms with van der Waals surface area (Å²) in [5.74, 6) is 1.69. The van der Waals surface area contributed by atoms with E-state index in [-0.39, 0.29) is 23.5 Å². The van der Waals surface area contributed by atoms with E-state index in [1.807, 2.05) is 30.3 Å². The van der Waals surface area contributed by atoms with Crippen LogP contribution in [0.1, 0.15) is 30.9 Å². The summed E-state index contributed by atoms with van der Waals surface area (Å²) in [5.41, 5.74) is 13.2. The molecule has 3 atom stereocenters. The van der Waals surface area contributed by atoms with Gasteiger partial charge in [-0.1, -0.05) is 18.2 Å². The monoisotopic (exact) mass is 489 g/mol. The molecular formula is C26H31N7O3. The third kappa shape index (κ3) is 5.78. The zero-order valence-electron chi connectivity index (χ0n) is 20.1. The molecule has 1 amide bonds. The van der Waals surface area contributed by atoms with Gasteiger partial charge in [-0.3, -0.25) is 10.2 Å². The summed E-state index contributed by atoms with van der Waals surface area (Å²) in [6, 6.07) is 15.5. The summed E-state index contributed by atoms with van der Waals surface area (Å²) in [6.07, 6.45) is 1.99. The van der Waals surface area contributed by atoms with E-state index in [4.69, 9.17) is 21.6 Å². The first-order valence-electron chi connectivity index (χ1n) is 11.8. The Bertz CT molecular complexity index is 1200. The Balaban J connectivity index is 1.49. The number of nitrogens with two attached hydrogens (primary N) is 2. The van der Waals surface area contributed by atoms with Crippen molar-refractivity contribution in [3.63, 3.8) is 0 Å². The predicted octanol–water partition coefficient (Wildman–Crippen LogP) is 2.38. The minimum absolute atomic E-state index is 0.119. The van der Waals surface area contributed by atoms with Crippen molar-refractivity contribution < 1.29 is 14.6 Å². The first-order chi connectivity index (χ1) is 17.3. The minimum atomic E-state index is -0.962. The number of para-hydroxylation sites is 1. The number of nitrogens with one attached hydrogen (secondary N) is 2. The van der Waals surface area contributed by atoms with Crippen molar-refractivity contribution in [1.29, 1.82) is 5.41 Å². The molecule has 1 aliphatic heterocycles. The molecular weight excluding hydrogens is 458 g/mol. The molecule has 0 radical (unpaired) electrons. The Hall–Kier alpha value is -4.02. The van der Waals surface area contributed by atoms with Gasteiger partial charge >= 0.3 is 0 Å². The van der Waals surface area contributed by atoms with Crippen molar-refractivity contribution in [2.45, 2.75) is 38.0 Å². The van der Waals surface area contributed by atoms with Crippen molar-refractivity contribution in [2.24, 2.45) is 5.73 Å². The minimum Gasteiger partial charge on any atom is -0.457 e. The van der Waals surface area contributed by atoms with E-state index in [1.165, 1.54) is 13.3 Å². The van der Waals surface area contributed by atoms with Gasteiger partial charge in [-0.05, 0) is 56.2 Å². The van der Waals surface area contributed by atoms with Crippen LogP contribution in [0.15, 0.2) is 60.9 Å². The van der Waals surface area contributed by atoms with Crippen LogP contribution in [0, 0.1) is 5.41 Å². The second-order valence-electron chi connectivity index (χ2n) is 8.83. The fourth-order valence-corrected chi connectivity index (χ4v) is 4.12. The van der Waals surface area contributed by atoms with Gasteiger partial charge < -0.3 is 31.5 Å². The number of carbonyl (C=O) groups excluding carboxylic acids is 1. The van der Waals surface area contributed by atoms with Gasteiger partial charge in [0.2, 0.25) is 5.91 Å². The van der Waals surface area contributed by atoms with Crippen molar-refractivity contribution in [2.75, 3.05) is 24.1 Å². The summed E-state index contributed by atoms with van der Waals surface area (Å²) in [4.78, 5) is 22.7. The highest BCUT2D eigenvalue weighted by molar-refractivity contribution is 6.16. The molecule has 1 fully saturated rings. The maximum absolute atomic E-state index is 12.6. The first-order valence-corrected chi connectivity index (χ1v) is 11.8. The molecule has 3 aromatic rings. The number of aromatic nitrogens is 2. The third-order valence-electron chi connectivity index (χ3n) is 6.13. The largest absolute Gasteiger partial charge is 0.457 e. The number of likely N-dealkylation sites (tertiary alicyclic amines) is 1. The summed E-state index contributed by atoms with van der Waals surface area (Å²) in [6.45, 7) is 2.48. The van der Waals surface area contributed by atoms with Crippen LogP contribution in [0.5, 0.6) is 11.5 Å². The molecule has 10 nitrogen and oxygen atoms in total. The van der Waals surface area contributed by atoms with E-state index in [1.54, 1.807) is 29.2 Å². The molecule has 188 valence electrons. The van der Waals surface area contributed by atoms with Crippen LogP contribution in [0.3, 0.4) is 0 Å². The van der Waals surface area contributed by atoms with E-state index in [2.05, 4.69) is 15.3 Å². The van der Waals surface area contributed by atoms with Gasteiger partial charge in [0.15, 0.2) is 0 Å². The summed E-state index contributed by atoms with van der Waals surface area (Å²) in [7, 11) is 0. The fraction of sp³-hybridized carbons (Fsp3) is 0.308. The molecule has 3 unspecified atom stereocenters. The number of hydrogen-bond donors (Lipinski definition) is 5. The summed E-state index contributed by atoms with van der Waals surface area (Å²) in [5, 5.41) is 21.9. The number of nitrogens with zero attached hydrogens (tertiary/aromatic N) is 3. The van der Waals surface area contributed by atoms with Crippen molar-refractivity contribution in [3.8, 4) is 11.5 Å². The molecule has 2 aromatic carbocycles. The number of anilines is 2. The van der Waals surface area contributed by atoms with Gasteiger partial charge in [-0.15, -0.1) is 0 Å². The SMILES string of the molecule is CC(O)C(N)C(=O)N1CCCC(Nc2ncnc(N)c2C(=N)c2ccc(Oc3ccccc3)cc2)C1. The van der Waals surface area contributed by atoms with Crippen LogP contribution < -0.4 is 21.5 Å².